The maximum Gasteiger partial charge on any atom is 0.239 e. The van der Waals surface area contributed by atoms with Crippen LogP contribution in [0.2, 0.25) is 0 Å². The Kier molecular flexibility index (Phi) is 6.02. The Hall–Kier alpha value is -2.67. The van der Waals surface area contributed by atoms with Crippen molar-refractivity contribution in [3.63, 3.8) is 0 Å². The zero-order valence-corrected chi connectivity index (χ0v) is 20.1. The number of nitrogens with zero attached hydrogens (tertiary/aromatic N) is 2. The Morgan fingerprint density at radius 3 is 2.40 bits per heavy atom. The van der Waals surface area contributed by atoms with Gasteiger partial charge >= 0.3 is 0 Å². The first-order valence-electron chi connectivity index (χ1n) is 10.7. The summed E-state index contributed by atoms with van der Waals surface area (Å²) in [7, 11) is -8.54. The first-order chi connectivity index (χ1) is 16.6. The average Bonchev–Trinajstić information content (AvgIpc) is 3.42. The zero-order chi connectivity index (χ0) is 25.0. The number of imidazole rings is 1. The highest BCUT2D eigenvalue weighted by Gasteiger charge is 2.42. The van der Waals surface area contributed by atoms with Gasteiger partial charge in [-0.15, -0.1) is 0 Å². The number of nitrogens with one attached hydrogen (secondary N) is 5. The number of nitrogen functional groups attached to an aromatic ring is 1. The third kappa shape index (κ3) is 4.18. The van der Waals surface area contributed by atoms with Crippen molar-refractivity contribution >= 4 is 36.8 Å². The molecule has 0 unspecified atom stereocenters. The van der Waals surface area contributed by atoms with Gasteiger partial charge in [0.25, 0.3) is 0 Å². The summed E-state index contributed by atoms with van der Waals surface area (Å²) in [4.78, 5) is 8.34. The Morgan fingerprint density at radius 1 is 1.03 bits per heavy atom. The van der Waals surface area contributed by atoms with Crippen LogP contribution in [0, 0.1) is 0 Å². The number of para-hydroxylation sites is 1. The van der Waals surface area contributed by atoms with Gasteiger partial charge in [0, 0.05) is 37.3 Å². The van der Waals surface area contributed by atoms with Crippen molar-refractivity contribution in [2.45, 2.75) is 21.2 Å². The van der Waals surface area contributed by atoms with E-state index in [-0.39, 0.29) is 29.5 Å². The van der Waals surface area contributed by atoms with E-state index in [9.17, 15) is 16.8 Å². The number of fused-ring (bicyclic) bond motifs is 1. The summed E-state index contributed by atoms with van der Waals surface area (Å²) in [5.41, 5.74) is 24.6. The van der Waals surface area contributed by atoms with Gasteiger partial charge in [-0.05, 0) is 17.7 Å². The number of rotatable bonds is 7. The number of hydrazine groups is 3. The standard InChI is InChI=1S/C19H26N10O4S2/c20-6-7-29-8-10(9-29)34(30,31)14-5-4-11(12-2-1-3-13-16(12)24-19(21)23-13)15(17(14)35(22,32)33)18-25-27-28-26-18/h1-5,10,18,25-28H,6-9,20H2,(H3,21,23,24)(H2,22,32,33). The summed E-state index contributed by atoms with van der Waals surface area (Å²) >= 11 is 0. The van der Waals surface area contributed by atoms with Gasteiger partial charge in [-0.2, -0.15) is 11.1 Å². The number of hydrogen-bond acceptors (Lipinski definition) is 12. The third-order valence-electron chi connectivity index (χ3n) is 6.16. The number of primary sulfonamides is 1. The average molecular weight is 523 g/mol. The minimum Gasteiger partial charge on any atom is -0.369 e. The van der Waals surface area contributed by atoms with E-state index in [1.807, 2.05) is 4.90 Å². The second kappa shape index (κ2) is 8.77. The van der Waals surface area contributed by atoms with E-state index in [1.165, 1.54) is 6.07 Å². The summed E-state index contributed by atoms with van der Waals surface area (Å²) in [5.74, 6) is 0.187. The second-order valence-corrected chi connectivity index (χ2v) is 12.1. The number of nitrogens with two attached hydrogens (primary N) is 3. The van der Waals surface area contributed by atoms with Gasteiger partial charge in [0.2, 0.25) is 10.0 Å². The number of benzene rings is 2. The van der Waals surface area contributed by atoms with Gasteiger partial charge in [0.05, 0.1) is 21.2 Å². The SMILES string of the molecule is NCCN1CC(S(=O)(=O)c2ccc(-c3cccc4[nH]c(N)nc34)c(C3NNNN3)c2S(N)(=O)=O)C1. The zero-order valence-electron chi connectivity index (χ0n) is 18.4. The number of sulfonamides is 1. The van der Waals surface area contributed by atoms with Crippen LogP contribution in [0.1, 0.15) is 11.7 Å². The molecule has 2 fully saturated rings. The molecule has 0 spiro atoms. The Morgan fingerprint density at radius 2 is 1.74 bits per heavy atom. The van der Waals surface area contributed by atoms with Crippen LogP contribution in [0.15, 0.2) is 40.1 Å². The molecule has 2 saturated heterocycles. The monoisotopic (exact) mass is 522 g/mol. The molecule has 5 rings (SSSR count). The van der Waals surface area contributed by atoms with Crippen molar-refractivity contribution in [3.8, 4) is 11.1 Å². The van der Waals surface area contributed by atoms with E-state index < -0.39 is 36.2 Å². The van der Waals surface area contributed by atoms with Crippen molar-refractivity contribution < 1.29 is 16.8 Å². The van der Waals surface area contributed by atoms with Crippen LogP contribution in [-0.4, -0.2) is 63.1 Å². The van der Waals surface area contributed by atoms with Crippen LogP contribution < -0.4 is 38.5 Å². The number of sulfone groups is 1. The fraction of sp³-hybridized carbons (Fsp3) is 0.316. The smallest absolute Gasteiger partial charge is 0.239 e. The van der Waals surface area contributed by atoms with Crippen molar-refractivity contribution in [2.75, 3.05) is 31.9 Å². The molecule has 16 heteroatoms. The number of aromatic nitrogens is 2. The van der Waals surface area contributed by atoms with Crippen LogP contribution in [0.25, 0.3) is 22.2 Å². The lowest BCUT2D eigenvalue weighted by molar-refractivity contribution is 0.190. The number of anilines is 1. The first kappa shape index (κ1) is 24.0. The normalized spacial score (nSPS) is 18.3. The highest BCUT2D eigenvalue weighted by Crippen LogP contribution is 2.40. The predicted octanol–water partition coefficient (Wildman–Crippen LogP) is -2.01. The molecule has 35 heavy (non-hydrogen) atoms. The van der Waals surface area contributed by atoms with E-state index in [0.717, 1.165) is 0 Å². The van der Waals surface area contributed by atoms with Gasteiger partial charge in [0.15, 0.2) is 15.8 Å². The van der Waals surface area contributed by atoms with Gasteiger partial charge in [-0.25, -0.2) is 37.8 Å². The van der Waals surface area contributed by atoms with Crippen molar-refractivity contribution in [2.24, 2.45) is 10.9 Å². The molecular weight excluding hydrogens is 496 g/mol. The second-order valence-electron chi connectivity index (χ2n) is 8.41. The molecule has 0 radical (unpaired) electrons. The Labute approximate surface area is 201 Å². The largest absolute Gasteiger partial charge is 0.369 e. The molecule has 2 aliphatic heterocycles. The molecule has 188 valence electrons. The van der Waals surface area contributed by atoms with E-state index in [0.29, 0.717) is 35.2 Å². The van der Waals surface area contributed by atoms with Crippen molar-refractivity contribution in [3.05, 3.63) is 35.9 Å². The molecule has 1 aromatic heterocycles. The molecular formula is C19H26N10O4S2. The third-order valence-corrected chi connectivity index (χ3v) is 9.43. The molecule has 11 N–H and O–H groups in total. The van der Waals surface area contributed by atoms with E-state index in [2.05, 4.69) is 31.9 Å². The highest BCUT2D eigenvalue weighted by atomic mass is 32.2. The maximum atomic E-state index is 13.6. The van der Waals surface area contributed by atoms with Crippen LogP contribution in [0.3, 0.4) is 0 Å². The van der Waals surface area contributed by atoms with Gasteiger partial charge < -0.3 is 16.5 Å². The number of H-pyrrole nitrogens is 1. The summed E-state index contributed by atoms with van der Waals surface area (Å²) in [5, 5.41) is 4.89. The lowest BCUT2D eigenvalue weighted by Crippen LogP contribution is -2.55. The summed E-state index contributed by atoms with van der Waals surface area (Å²) in [6.45, 7) is 1.48. The molecule has 3 aromatic rings. The van der Waals surface area contributed by atoms with E-state index in [1.54, 1.807) is 24.3 Å². The maximum absolute atomic E-state index is 13.6. The van der Waals surface area contributed by atoms with Gasteiger partial charge in [0.1, 0.15) is 11.1 Å². The highest BCUT2D eigenvalue weighted by molar-refractivity contribution is 7.94. The van der Waals surface area contributed by atoms with E-state index in [4.69, 9.17) is 16.6 Å². The predicted molar refractivity (Wildman–Crippen MR) is 129 cm³/mol. The Bertz CT molecular complexity index is 1490. The van der Waals surface area contributed by atoms with E-state index >= 15 is 0 Å². The Balaban J connectivity index is 1.75. The summed E-state index contributed by atoms with van der Waals surface area (Å²) in [6, 6.07) is 8.14. The van der Waals surface area contributed by atoms with Crippen LogP contribution in [0.5, 0.6) is 0 Å². The molecule has 3 heterocycles. The minimum atomic E-state index is -4.51. The molecule has 0 aliphatic carbocycles. The molecule has 14 nitrogen and oxygen atoms in total. The first-order valence-corrected chi connectivity index (χ1v) is 13.8. The molecule has 2 aliphatic rings. The topological polar surface area (TPSA) is 226 Å². The number of aromatic amines is 1. The van der Waals surface area contributed by atoms with Crippen molar-refractivity contribution in [1.29, 1.82) is 0 Å². The summed E-state index contributed by atoms with van der Waals surface area (Å²) < 4.78 is 53.1. The summed E-state index contributed by atoms with van der Waals surface area (Å²) in [6.07, 6.45) is -0.852. The lowest BCUT2D eigenvalue weighted by atomic mass is 9.96. The molecule has 0 bridgehead atoms. The van der Waals surface area contributed by atoms with Gasteiger partial charge in [-0.3, -0.25) is 4.90 Å². The molecule has 2 aromatic carbocycles. The lowest BCUT2D eigenvalue weighted by Gasteiger charge is -2.38. The number of hydrogen-bond donors (Lipinski definition) is 8. The molecule has 0 saturated carbocycles. The fourth-order valence-electron chi connectivity index (χ4n) is 4.55. The van der Waals surface area contributed by atoms with Crippen LogP contribution >= 0.6 is 0 Å². The quantitative estimate of drug-likeness (QED) is 0.168. The van der Waals surface area contributed by atoms with Gasteiger partial charge in [-0.1, -0.05) is 18.2 Å². The minimum absolute atomic E-state index is 0.123. The number of likely N-dealkylation sites (tertiary alicyclic amines) is 1. The van der Waals surface area contributed by atoms with Crippen LogP contribution in [-0.2, 0) is 19.9 Å². The van der Waals surface area contributed by atoms with Crippen molar-refractivity contribution in [1.82, 2.24) is 36.8 Å². The molecule has 0 amide bonds. The van der Waals surface area contributed by atoms with Crippen LogP contribution in [0.4, 0.5) is 5.95 Å². The molecule has 0 atom stereocenters. The fourth-order valence-corrected chi connectivity index (χ4v) is 7.93.